The molecule has 0 unspecified atom stereocenters. The summed E-state index contributed by atoms with van der Waals surface area (Å²) in [6.07, 6.45) is 1.51. The SMILES string of the molecule is O=C(S)NCCCC(=S)[S-].[Mn+2]. The van der Waals surface area contributed by atoms with Crippen LogP contribution in [0.1, 0.15) is 12.8 Å². The molecule has 0 atom stereocenters. The van der Waals surface area contributed by atoms with E-state index in [0.717, 1.165) is 6.42 Å². The molecule has 63 valence electrons. The molecule has 0 aromatic carbocycles. The van der Waals surface area contributed by atoms with Crippen molar-refractivity contribution in [1.29, 1.82) is 0 Å². The molecule has 2 nitrogen and oxygen atoms in total. The van der Waals surface area contributed by atoms with Crippen LogP contribution in [0.3, 0.4) is 0 Å². The number of carbonyl (C=O) groups excluding carboxylic acids is 1. The van der Waals surface area contributed by atoms with Crippen molar-refractivity contribution < 1.29 is 21.9 Å². The Kier molecular flexibility index (Phi) is 11.3. The number of carbonyl (C=O) groups is 1. The van der Waals surface area contributed by atoms with E-state index in [4.69, 9.17) is 0 Å². The second kappa shape index (κ2) is 8.74. The van der Waals surface area contributed by atoms with Crippen molar-refractivity contribution >= 4 is 46.9 Å². The van der Waals surface area contributed by atoms with E-state index in [2.05, 4.69) is 42.8 Å². The van der Waals surface area contributed by atoms with E-state index in [1.54, 1.807) is 0 Å². The Labute approximate surface area is 93.2 Å². The first-order valence-electron chi connectivity index (χ1n) is 2.79. The van der Waals surface area contributed by atoms with E-state index < -0.39 is 0 Å². The molecule has 0 aliphatic heterocycles. The van der Waals surface area contributed by atoms with Crippen molar-refractivity contribution in [2.75, 3.05) is 6.54 Å². The zero-order valence-electron chi connectivity index (χ0n) is 5.67. The summed E-state index contributed by atoms with van der Waals surface area (Å²) >= 11 is 12.8. The smallest absolute Gasteiger partial charge is 0.433 e. The summed E-state index contributed by atoms with van der Waals surface area (Å²) in [6.45, 7) is 0.596. The van der Waals surface area contributed by atoms with Crippen LogP contribution in [-0.4, -0.2) is 16.0 Å². The van der Waals surface area contributed by atoms with Crippen LogP contribution in [0.2, 0.25) is 0 Å². The number of thiol groups is 1. The van der Waals surface area contributed by atoms with Gasteiger partial charge in [-0.3, -0.25) is 4.79 Å². The van der Waals surface area contributed by atoms with Crippen molar-refractivity contribution in [3.8, 4) is 0 Å². The van der Waals surface area contributed by atoms with Gasteiger partial charge in [-0.2, -0.15) is 4.20 Å². The maximum atomic E-state index is 10.2. The van der Waals surface area contributed by atoms with E-state index in [0.29, 0.717) is 17.2 Å². The predicted octanol–water partition coefficient (Wildman–Crippen LogP) is 1.28. The summed E-state index contributed by atoms with van der Waals surface area (Å²) in [4.78, 5) is 10.2. The molecule has 1 amide bonds. The minimum atomic E-state index is -0.310. The van der Waals surface area contributed by atoms with Crippen molar-refractivity contribution in [2.24, 2.45) is 0 Å². The van der Waals surface area contributed by atoms with Crippen LogP contribution in [0.4, 0.5) is 4.79 Å². The third kappa shape index (κ3) is 13.6. The van der Waals surface area contributed by atoms with Crippen molar-refractivity contribution in [1.82, 2.24) is 5.32 Å². The molecule has 0 bridgehead atoms. The number of hydrogen-bond donors (Lipinski definition) is 2. The molecular formula is C5H8MnNOS3+. The van der Waals surface area contributed by atoms with Gasteiger partial charge >= 0.3 is 17.1 Å². The molecule has 11 heavy (non-hydrogen) atoms. The van der Waals surface area contributed by atoms with Crippen LogP contribution in [-0.2, 0) is 29.7 Å². The van der Waals surface area contributed by atoms with Crippen LogP contribution in [0, 0.1) is 0 Å². The van der Waals surface area contributed by atoms with Gasteiger partial charge in [0.1, 0.15) is 0 Å². The van der Waals surface area contributed by atoms with Gasteiger partial charge in [-0.25, -0.2) is 0 Å². The Morgan fingerprint density at radius 3 is 2.55 bits per heavy atom. The van der Waals surface area contributed by atoms with Crippen LogP contribution >= 0.6 is 24.8 Å². The second-order valence-electron chi connectivity index (χ2n) is 1.71. The fraction of sp³-hybridized carbons (Fsp3) is 0.600. The quantitative estimate of drug-likeness (QED) is 0.258. The van der Waals surface area contributed by atoms with E-state index in [1.165, 1.54) is 0 Å². The summed E-state index contributed by atoms with van der Waals surface area (Å²) in [7, 11) is 0. The third-order valence-corrected chi connectivity index (χ3v) is 1.40. The van der Waals surface area contributed by atoms with Gasteiger partial charge in [0.25, 0.3) is 5.24 Å². The Balaban J connectivity index is 0. The Morgan fingerprint density at radius 1 is 1.64 bits per heavy atom. The van der Waals surface area contributed by atoms with Crippen LogP contribution in [0.25, 0.3) is 0 Å². The number of nitrogens with one attached hydrogen (secondary N) is 1. The average molecular weight is 249 g/mol. The number of thiocarbonyl (C=S) groups is 1. The molecule has 0 aliphatic carbocycles. The predicted molar refractivity (Wildman–Crippen MR) is 51.6 cm³/mol. The summed E-state index contributed by atoms with van der Waals surface area (Å²) in [5.41, 5.74) is 0. The van der Waals surface area contributed by atoms with E-state index >= 15 is 0 Å². The fourth-order valence-corrected chi connectivity index (χ4v) is 0.829. The monoisotopic (exact) mass is 249 g/mol. The molecule has 0 rings (SSSR count). The van der Waals surface area contributed by atoms with Gasteiger partial charge in [0, 0.05) is 6.54 Å². The summed E-state index contributed by atoms with van der Waals surface area (Å²) < 4.78 is 0.563. The standard InChI is InChI=1S/C5H9NOS3.Mn/c7-5(10)6-3-1-2-4(8)9;/h1-3H2,(H,8,9)(H2,6,7,10);/q;+2/p-1. The van der Waals surface area contributed by atoms with Gasteiger partial charge in [-0.15, -0.1) is 0 Å². The molecule has 0 aromatic heterocycles. The normalized spacial score (nSPS) is 8.09. The molecule has 0 saturated carbocycles. The van der Waals surface area contributed by atoms with Gasteiger partial charge in [0.2, 0.25) is 0 Å². The maximum absolute atomic E-state index is 10.2. The van der Waals surface area contributed by atoms with Crippen LogP contribution < -0.4 is 5.32 Å². The van der Waals surface area contributed by atoms with E-state index in [1.807, 2.05) is 0 Å². The second-order valence-corrected chi connectivity index (χ2v) is 3.36. The zero-order valence-corrected chi connectivity index (χ0v) is 9.38. The topological polar surface area (TPSA) is 29.1 Å². The summed E-state index contributed by atoms with van der Waals surface area (Å²) in [5, 5.41) is 2.21. The van der Waals surface area contributed by atoms with Gasteiger partial charge in [0.05, 0.1) is 0 Å². The molecule has 0 aromatic rings. The first-order valence-corrected chi connectivity index (χ1v) is 4.06. The zero-order chi connectivity index (χ0) is 7.98. The van der Waals surface area contributed by atoms with Crippen LogP contribution in [0.15, 0.2) is 0 Å². The summed E-state index contributed by atoms with van der Waals surface area (Å²) in [5.74, 6) is 0. The van der Waals surface area contributed by atoms with Gasteiger partial charge < -0.3 is 30.2 Å². The molecule has 1 N–H and O–H groups in total. The molecule has 0 aliphatic rings. The summed E-state index contributed by atoms with van der Waals surface area (Å²) in [6, 6.07) is 0. The van der Waals surface area contributed by atoms with Crippen molar-refractivity contribution in [2.45, 2.75) is 12.8 Å². The molecule has 0 fully saturated rings. The molecule has 6 heteroatoms. The molecule has 1 radical (unpaired) electrons. The molecule has 0 saturated heterocycles. The number of hydrogen-bond acceptors (Lipinski definition) is 3. The van der Waals surface area contributed by atoms with Crippen LogP contribution in [0.5, 0.6) is 0 Å². The Hall–Kier alpha value is 0.649. The van der Waals surface area contributed by atoms with Crippen molar-refractivity contribution in [3.63, 3.8) is 0 Å². The first-order chi connectivity index (χ1) is 4.63. The minimum absolute atomic E-state index is 0. The fourth-order valence-electron chi connectivity index (χ4n) is 0.428. The number of rotatable bonds is 4. The average Bonchev–Trinajstić information content (AvgIpc) is 1.79. The maximum Gasteiger partial charge on any atom is 2.00 e. The number of amides is 1. The molecule has 0 heterocycles. The van der Waals surface area contributed by atoms with E-state index in [9.17, 15) is 4.79 Å². The van der Waals surface area contributed by atoms with E-state index in [-0.39, 0.29) is 22.3 Å². The Morgan fingerprint density at radius 2 is 2.18 bits per heavy atom. The van der Waals surface area contributed by atoms with Gasteiger partial charge in [-0.1, -0.05) is 12.6 Å². The third-order valence-electron chi connectivity index (χ3n) is 0.834. The largest absolute Gasteiger partial charge is 2.00 e. The molecule has 0 spiro atoms. The van der Waals surface area contributed by atoms with Crippen molar-refractivity contribution in [3.05, 3.63) is 0 Å². The first kappa shape index (κ1) is 14.2. The minimum Gasteiger partial charge on any atom is -0.433 e. The van der Waals surface area contributed by atoms with Gasteiger partial charge in [-0.05, 0) is 12.8 Å². The molecular weight excluding hydrogens is 241 g/mol. The Bertz CT molecular complexity index is 126. The van der Waals surface area contributed by atoms with Gasteiger partial charge in [0.15, 0.2) is 0 Å².